The van der Waals surface area contributed by atoms with E-state index in [9.17, 15) is 4.79 Å². The molecule has 1 rings (SSSR count). The molecule has 60 valence electrons. The van der Waals surface area contributed by atoms with Gasteiger partial charge in [-0.25, -0.2) is 0 Å². The van der Waals surface area contributed by atoms with E-state index < -0.39 is 0 Å². The van der Waals surface area contributed by atoms with E-state index in [4.69, 9.17) is 0 Å². The van der Waals surface area contributed by atoms with Crippen molar-refractivity contribution < 1.29 is 4.79 Å². The highest BCUT2D eigenvalue weighted by Crippen LogP contribution is 2.14. The van der Waals surface area contributed by atoms with E-state index in [1.807, 2.05) is 6.08 Å². The van der Waals surface area contributed by atoms with E-state index in [2.05, 4.69) is 5.73 Å². The van der Waals surface area contributed by atoms with E-state index in [0.29, 0.717) is 0 Å². The summed E-state index contributed by atoms with van der Waals surface area (Å²) in [5, 5.41) is 0. The van der Waals surface area contributed by atoms with Crippen LogP contribution in [-0.2, 0) is 4.79 Å². The minimum absolute atomic E-state index is 0.0859. The molecule has 11 heavy (non-hydrogen) atoms. The second-order valence-electron chi connectivity index (χ2n) is 2.77. The zero-order valence-corrected chi connectivity index (χ0v) is 7.05. The Morgan fingerprint density at radius 2 is 2.45 bits per heavy atom. The van der Waals surface area contributed by atoms with Crippen molar-refractivity contribution in [1.82, 2.24) is 4.90 Å². The Morgan fingerprint density at radius 3 is 2.91 bits per heavy atom. The summed E-state index contributed by atoms with van der Waals surface area (Å²) in [6.07, 6.45) is 5.21. The summed E-state index contributed by atoms with van der Waals surface area (Å²) in [6.45, 7) is 1.57. The number of allylic oxidation sites excluding steroid dienone is 1. The average Bonchev–Trinajstić information content (AvgIpc) is 2.05. The molecule has 0 radical (unpaired) electrons. The molecule has 0 aromatic carbocycles. The summed E-state index contributed by atoms with van der Waals surface area (Å²) in [5.74, 6) is 0.0859. The Labute approximate surface area is 67.2 Å². The van der Waals surface area contributed by atoms with Crippen molar-refractivity contribution in [3.8, 4) is 0 Å². The fourth-order valence-electron chi connectivity index (χ4n) is 1.09. The number of hydrogen-bond donors (Lipinski definition) is 0. The molecule has 0 aromatic heterocycles. The summed E-state index contributed by atoms with van der Waals surface area (Å²) in [7, 11) is 1.80. The Morgan fingerprint density at radius 1 is 1.73 bits per heavy atom. The van der Waals surface area contributed by atoms with Crippen LogP contribution in [0.5, 0.6) is 0 Å². The minimum atomic E-state index is 0.0859. The maximum Gasteiger partial charge on any atom is 0.223 e. The van der Waals surface area contributed by atoms with Gasteiger partial charge in [-0.05, 0) is 25.3 Å². The molecule has 0 heterocycles. The fraction of sp³-hybridized carbons (Fsp3) is 0.556. The van der Waals surface area contributed by atoms with Gasteiger partial charge in [0, 0.05) is 14.0 Å². The molecule has 0 aromatic rings. The van der Waals surface area contributed by atoms with Gasteiger partial charge in [0.25, 0.3) is 0 Å². The molecule has 0 N–H and O–H groups in total. The number of hydrogen-bond acceptors (Lipinski definition) is 1. The van der Waals surface area contributed by atoms with Crippen molar-refractivity contribution in [2.45, 2.75) is 26.2 Å². The second kappa shape index (κ2) is 3.40. The fourth-order valence-corrected chi connectivity index (χ4v) is 1.09. The molecule has 2 nitrogen and oxygen atoms in total. The van der Waals surface area contributed by atoms with Crippen molar-refractivity contribution in [2.75, 3.05) is 7.05 Å². The van der Waals surface area contributed by atoms with Crippen LogP contribution in [0, 0.1) is 0 Å². The summed E-state index contributed by atoms with van der Waals surface area (Å²) >= 11 is 0. The van der Waals surface area contributed by atoms with Crippen molar-refractivity contribution in [1.29, 1.82) is 0 Å². The normalized spacial score (nSPS) is 16.0. The standard InChI is InChI=1S/C9H13NO/c1-8(11)10(2)9-6-4-3-5-7-9/h4H,3,5,7H2,1-2H3. The Kier molecular flexibility index (Phi) is 2.50. The predicted molar refractivity (Wildman–Crippen MR) is 43.9 cm³/mol. The van der Waals surface area contributed by atoms with Crippen LogP contribution >= 0.6 is 0 Å². The molecule has 0 fully saturated rings. The molecular weight excluding hydrogens is 138 g/mol. The van der Waals surface area contributed by atoms with Gasteiger partial charge in [-0.15, -0.1) is 5.73 Å². The molecule has 1 aliphatic carbocycles. The zero-order valence-electron chi connectivity index (χ0n) is 7.05. The van der Waals surface area contributed by atoms with Gasteiger partial charge in [-0.3, -0.25) is 4.79 Å². The SMILES string of the molecule is CC(=O)N(C)C1=C=CCCC1. The van der Waals surface area contributed by atoms with E-state index in [1.54, 1.807) is 18.9 Å². The van der Waals surface area contributed by atoms with Crippen LogP contribution in [0.4, 0.5) is 0 Å². The van der Waals surface area contributed by atoms with Gasteiger partial charge >= 0.3 is 0 Å². The smallest absolute Gasteiger partial charge is 0.223 e. The number of rotatable bonds is 1. The minimum Gasteiger partial charge on any atom is -0.312 e. The number of nitrogens with zero attached hydrogens (tertiary/aromatic N) is 1. The molecule has 2 heteroatoms. The van der Waals surface area contributed by atoms with Gasteiger partial charge in [0.1, 0.15) is 0 Å². The van der Waals surface area contributed by atoms with Gasteiger partial charge < -0.3 is 4.90 Å². The molecule has 0 bridgehead atoms. The van der Waals surface area contributed by atoms with Crippen LogP contribution in [0.3, 0.4) is 0 Å². The molecule has 0 unspecified atom stereocenters. The van der Waals surface area contributed by atoms with E-state index in [0.717, 1.165) is 25.0 Å². The van der Waals surface area contributed by atoms with Crippen LogP contribution in [0.15, 0.2) is 17.5 Å². The number of amides is 1. The number of carbonyl (C=O) groups is 1. The highest BCUT2D eigenvalue weighted by atomic mass is 16.2. The summed E-state index contributed by atoms with van der Waals surface area (Å²) < 4.78 is 0. The molecule has 0 spiro atoms. The first kappa shape index (κ1) is 8.09. The molecule has 0 atom stereocenters. The lowest BCUT2D eigenvalue weighted by Crippen LogP contribution is -2.23. The van der Waals surface area contributed by atoms with Gasteiger partial charge in [0.2, 0.25) is 5.91 Å². The van der Waals surface area contributed by atoms with Gasteiger partial charge in [0.15, 0.2) is 0 Å². The Balaban J connectivity index is 2.73. The lowest BCUT2D eigenvalue weighted by atomic mass is 10.1. The predicted octanol–water partition coefficient (Wildman–Crippen LogP) is 1.69. The topological polar surface area (TPSA) is 20.3 Å². The highest BCUT2D eigenvalue weighted by molar-refractivity contribution is 5.74. The zero-order chi connectivity index (χ0) is 8.27. The monoisotopic (exact) mass is 151 g/mol. The first-order chi connectivity index (χ1) is 5.22. The summed E-state index contributed by atoms with van der Waals surface area (Å²) in [5.41, 5.74) is 4.11. The first-order valence-electron chi connectivity index (χ1n) is 3.90. The molecule has 0 saturated carbocycles. The third-order valence-corrected chi connectivity index (χ3v) is 1.91. The first-order valence-corrected chi connectivity index (χ1v) is 3.90. The molecular formula is C9H13NO. The van der Waals surface area contributed by atoms with E-state index in [1.165, 1.54) is 0 Å². The molecule has 1 amide bonds. The van der Waals surface area contributed by atoms with Crippen molar-refractivity contribution >= 4 is 5.91 Å². The lowest BCUT2D eigenvalue weighted by molar-refractivity contribution is -0.125. The van der Waals surface area contributed by atoms with Gasteiger partial charge in [-0.1, -0.05) is 0 Å². The van der Waals surface area contributed by atoms with Crippen LogP contribution in [-0.4, -0.2) is 17.9 Å². The second-order valence-corrected chi connectivity index (χ2v) is 2.77. The third-order valence-electron chi connectivity index (χ3n) is 1.91. The Bertz CT molecular complexity index is 224. The van der Waals surface area contributed by atoms with Crippen molar-refractivity contribution in [2.24, 2.45) is 0 Å². The van der Waals surface area contributed by atoms with Crippen LogP contribution in [0.2, 0.25) is 0 Å². The molecule has 1 aliphatic rings. The van der Waals surface area contributed by atoms with E-state index >= 15 is 0 Å². The van der Waals surface area contributed by atoms with Crippen LogP contribution in [0.1, 0.15) is 26.2 Å². The summed E-state index contributed by atoms with van der Waals surface area (Å²) in [6, 6.07) is 0. The molecule has 0 aliphatic heterocycles. The summed E-state index contributed by atoms with van der Waals surface area (Å²) in [4.78, 5) is 12.6. The average molecular weight is 151 g/mol. The van der Waals surface area contributed by atoms with Crippen LogP contribution in [0.25, 0.3) is 0 Å². The largest absolute Gasteiger partial charge is 0.312 e. The van der Waals surface area contributed by atoms with E-state index in [-0.39, 0.29) is 5.91 Å². The third kappa shape index (κ3) is 1.95. The highest BCUT2D eigenvalue weighted by Gasteiger charge is 2.08. The van der Waals surface area contributed by atoms with Gasteiger partial charge in [-0.2, -0.15) is 0 Å². The van der Waals surface area contributed by atoms with Crippen LogP contribution < -0.4 is 0 Å². The Hall–Kier alpha value is -1.01. The quantitative estimate of drug-likeness (QED) is 0.522. The lowest BCUT2D eigenvalue weighted by Gasteiger charge is -2.18. The molecule has 0 saturated heterocycles. The maximum atomic E-state index is 10.9. The van der Waals surface area contributed by atoms with Crippen molar-refractivity contribution in [3.05, 3.63) is 17.5 Å². The maximum absolute atomic E-state index is 10.9. The number of carbonyl (C=O) groups excluding carboxylic acids is 1. The van der Waals surface area contributed by atoms with Crippen molar-refractivity contribution in [3.63, 3.8) is 0 Å². The van der Waals surface area contributed by atoms with Gasteiger partial charge in [0.05, 0.1) is 5.70 Å².